The van der Waals surface area contributed by atoms with Gasteiger partial charge in [-0.25, -0.2) is 4.98 Å². The molecule has 1 amide bonds. The Kier molecular flexibility index (Phi) is 7.45. The lowest BCUT2D eigenvalue weighted by molar-refractivity contribution is -0.130. The van der Waals surface area contributed by atoms with Crippen LogP contribution in [0.1, 0.15) is 18.5 Å². The fourth-order valence-electron chi connectivity index (χ4n) is 3.25. The second-order valence-electron chi connectivity index (χ2n) is 6.82. The van der Waals surface area contributed by atoms with Crippen LogP contribution in [0.2, 0.25) is 5.02 Å². The van der Waals surface area contributed by atoms with Gasteiger partial charge in [-0.1, -0.05) is 23.7 Å². The first-order chi connectivity index (χ1) is 13.7. The molecule has 2 N–H and O–H groups in total. The van der Waals surface area contributed by atoms with Gasteiger partial charge < -0.3 is 20.3 Å². The van der Waals surface area contributed by atoms with Crippen LogP contribution in [0.4, 0.5) is 5.69 Å². The molecule has 28 heavy (non-hydrogen) atoms. The minimum Gasteiger partial charge on any atom is -0.467 e. The quantitative estimate of drug-likeness (QED) is 0.705. The van der Waals surface area contributed by atoms with E-state index in [0.717, 1.165) is 43.9 Å². The van der Waals surface area contributed by atoms with Crippen molar-refractivity contribution in [2.24, 2.45) is 5.92 Å². The van der Waals surface area contributed by atoms with Crippen LogP contribution in [0.3, 0.4) is 0 Å². The van der Waals surface area contributed by atoms with Crippen LogP contribution in [0.5, 0.6) is 6.01 Å². The average Bonchev–Trinajstić information content (AvgIpc) is 2.73. The van der Waals surface area contributed by atoms with Gasteiger partial charge in [-0.2, -0.15) is 4.98 Å². The van der Waals surface area contributed by atoms with E-state index in [1.807, 2.05) is 35.2 Å². The number of methoxy groups -OCH3 is 1. The zero-order valence-electron chi connectivity index (χ0n) is 16.0. The summed E-state index contributed by atoms with van der Waals surface area (Å²) >= 11 is 6.11. The van der Waals surface area contributed by atoms with Gasteiger partial charge in [0.15, 0.2) is 0 Å². The number of amides is 1. The Labute approximate surface area is 170 Å². The highest BCUT2D eigenvalue weighted by Crippen LogP contribution is 2.21. The molecule has 0 saturated carbocycles. The monoisotopic (exact) mass is 403 g/mol. The van der Waals surface area contributed by atoms with Gasteiger partial charge in [-0.05, 0) is 43.5 Å². The van der Waals surface area contributed by atoms with Crippen molar-refractivity contribution in [2.75, 3.05) is 38.6 Å². The number of hydrogen-bond donors (Lipinski definition) is 2. The number of carbonyl (C=O) groups excluding carboxylic acids is 1. The molecule has 0 atom stereocenters. The molecule has 0 spiro atoms. The van der Waals surface area contributed by atoms with Crippen molar-refractivity contribution < 1.29 is 9.53 Å². The zero-order chi connectivity index (χ0) is 19.8. The van der Waals surface area contributed by atoms with E-state index >= 15 is 0 Å². The summed E-state index contributed by atoms with van der Waals surface area (Å²) < 4.78 is 5.04. The summed E-state index contributed by atoms with van der Waals surface area (Å²) in [6.45, 7) is 3.43. The predicted octanol–water partition coefficient (Wildman–Crippen LogP) is 2.58. The second-order valence-corrected chi connectivity index (χ2v) is 7.23. The Balaban J connectivity index is 1.35. The van der Waals surface area contributed by atoms with Crippen molar-refractivity contribution in [1.29, 1.82) is 0 Å². The number of carbonyl (C=O) groups is 1. The van der Waals surface area contributed by atoms with E-state index in [9.17, 15) is 4.79 Å². The average molecular weight is 404 g/mol. The first-order valence-corrected chi connectivity index (χ1v) is 9.86. The van der Waals surface area contributed by atoms with Crippen LogP contribution in [0.25, 0.3) is 0 Å². The normalized spacial score (nSPS) is 14.7. The maximum atomic E-state index is 12.4. The summed E-state index contributed by atoms with van der Waals surface area (Å²) in [6, 6.07) is 9.72. The molecule has 0 bridgehead atoms. The largest absolute Gasteiger partial charge is 0.467 e. The minimum absolute atomic E-state index is 0.111. The molecule has 1 saturated heterocycles. The van der Waals surface area contributed by atoms with E-state index in [-0.39, 0.29) is 12.5 Å². The Morgan fingerprint density at radius 1 is 1.29 bits per heavy atom. The fourth-order valence-corrected chi connectivity index (χ4v) is 3.45. The van der Waals surface area contributed by atoms with Crippen molar-refractivity contribution in [3.8, 4) is 6.01 Å². The van der Waals surface area contributed by atoms with Crippen LogP contribution < -0.4 is 15.4 Å². The Morgan fingerprint density at radius 3 is 2.82 bits per heavy atom. The topological polar surface area (TPSA) is 79.4 Å². The van der Waals surface area contributed by atoms with Crippen molar-refractivity contribution in [3.05, 3.63) is 47.2 Å². The number of nitrogens with zero attached hydrogens (tertiary/aromatic N) is 3. The molecular formula is C20H26ClN5O2. The van der Waals surface area contributed by atoms with E-state index in [1.54, 1.807) is 13.3 Å². The molecular weight excluding hydrogens is 378 g/mol. The predicted molar refractivity (Wildman–Crippen MR) is 110 cm³/mol. The van der Waals surface area contributed by atoms with Crippen LogP contribution in [0, 0.1) is 5.92 Å². The summed E-state index contributed by atoms with van der Waals surface area (Å²) in [4.78, 5) is 22.7. The first-order valence-electron chi connectivity index (χ1n) is 9.48. The van der Waals surface area contributed by atoms with Gasteiger partial charge in [0.2, 0.25) is 5.91 Å². The molecule has 0 aliphatic carbocycles. The van der Waals surface area contributed by atoms with Crippen LogP contribution in [0.15, 0.2) is 36.5 Å². The SMILES string of the molecule is COc1nccc(CNCC2CCN(C(=O)CNc3ccccc3Cl)CC2)n1. The molecule has 2 aromatic rings. The highest BCUT2D eigenvalue weighted by molar-refractivity contribution is 6.33. The molecule has 1 aliphatic heterocycles. The number of aromatic nitrogens is 2. The lowest BCUT2D eigenvalue weighted by atomic mass is 9.96. The van der Waals surface area contributed by atoms with Crippen molar-refractivity contribution in [2.45, 2.75) is 19.4 Å². The number of para-hydroxylation sites is 1. The van der Waals surface area contributed by atoms with Crippen molar-refractivity contribution >= 4 is 23.2 Å². The number of ether oxygens (including phenoxy) is 1. The van der Waals surface area contributed by atoms with Crippen LogP contribution >= 0.6 is 11.6 Å². The number of halogens is 1. The van der Waals surface area contributed by atoms with E-state index in [0.29, 0.717) is 23.5 Å². The van der Waals surface area contributed by atoms with E-state index in [4.69, 9.17) is 16.3 Å². The number of likely N-dealkylation sites (tertiary alicyclic amines) is 1. The smallest absolute Gasteiger partial charge is 0.316 e. The second kappa shape index (κ2) is 10.2. The molecule has 0 radical (unpaired) electrons. The Morgan fingerprint density at radius 2 is 2.07 bits per heavy atom. The van der Waals surface area contributed by atoms with Crippen molar-refractivity contribution in [1.82, 2.24) is 20.2 Å². The first kappa shape index (κ1) is 20.4. The lowest BCUT2D eigenvalue weighted by Gasteiger charge is -2.32. The zero-order valence-corrected chi connectivity index (χ0v) is 16.8. The summed E-state index contributed by atoms with van der Waals surface area (Å²) in [5.74, 6) is 0.670. The highest BCUT2D eigenvalue weighted by Gasteiger charge is 2.22. The third-order valence-electron chi connectivity index (χ3n) is 4.88. The third kappa shape index (κ3) is 5.81. The van der Waals surface area contributed by atoms with E-state index < -0.39 is 0 Å². The Bertz CT molecular complexity index is 781. The molecule has 1 aromatic carbocycles. The maximum absolute atomic E-state index is 12.4. The summed E-state index contributed by atoms with van der Waals surface area (Å²) in [5, 5.41) is 7.19. The number of anilines is 1. The minimum atomic E-state index is 0.111. The number of rotatable bonds is 8. The fraction of sp³-hybridized carbons (Fsp3) is 0.450. The van der Waals surface area contributed by atoms with Crippen LogP contribution in [-0.2, 0) is 11.3 Å². The lowest BCUT2D eigenvalue weighted by Crippen LogP contribution is -2.43. The van der Waals surface area contributed by atoms with Gasteiger partial charge in [0.25, 0.3) is 0 Å². The number of benzene rings is 1. The van der Waals surface area contributed by atoms with Crippen LogP contribution in [-0.4, -0.2) is 54.1 Å². The Hall–Kier alpha value is -2.38. The molecule has 0 unspecified atom stereocenters. The summed E-state index contributed by atoms with van der Waals surface area (Å²) in [7, 11) is 1.56. The molecule has 2 heterocycles. The third-order valence-corrected chi connectivity index (χ3v) is 5.21. The molecule has 7 nitrogen and oxygen atoms in total. The van der Waals surface area contributed by atoms with Gasteiger partial charge in [-0.15, -0.1) is 0 Å². The van der Waals surface area contributed by atoms with E-state index in [1.165, 1.54) is 0 Å². The molecule has 1 aromatic heterocycles. The molecule has 8 heteroatoms. The highest BCUT2D eigenvalue weighted by atomic mass is 35.5. The number of nitrogens with one attached hydrogen (secondary N) is 2. The molecule has 150 valence electrons. The molecule has 3 rings (SSSR count). The van der Waals surface area contributed by atoms with Gasteiger partial charge >= 0.3 is 6.01 Å². The maximum Gasteiger partial charge on any atom is 0.316 e. The van der Waals surface area contributed by atoms with Gasteiger partial charge in [0.1, 0.15) is 0 Å². The molecule has 1 aliphatic rings. The van der Waals surface area contributed by atoms with Gasteiger partial charge in [0.05, 0.1) is 30.1 Å². The summed E-state index contributed by atoms with van der Waals surface area (Å²) in [6.07, 6.45) is 3.69. The molecule has 1 fully saturated rings. The van der Waals surface area contributed by atoms with Crippen molar-refractivity contribution in [3.63, 3.8) is 0 Å². The standard InChI is InChI=1S/C20H26ClN5O2/c1-28-20-23-9-6-16(25-20)13-22-12-15-7-10-26(11-8-15)19(27)14-24-18-5-3-2-4-17(18)21/h2-6,9,15,22,24H,7-8,10-14H2,1H3. The van der Waals surface area contributed by atoms with E-state index in [2.05, 4.69) is 20.6 Å². The number of piperidine rings is 1. The van der Waals surface area contributed by atoms with Gasteiger partial charge in [-0.3, -0.25) is 4.79 Å². The van der Waals surface area contributed by atoms with Gasteiger partial charge in [0, 0.05) is 25.8 Å². The summed E-state index contributed by atoms with van der Waals surface area (Å²) in [5.41, 5.74) is 1.70. The number of hydrogen-bond acceptors (Lipinski definition) is 6.